The van der Waals surface area contributed by atoms with Gasteiger partial charge in [0.05, 0.1) is 19.5 Å². The van der Waals surface area contributed by atoms with Crippen LogP contribution in [0.5, 0.6) is 0 Å². The standard InChI is InChI=1S/C10H11N5O3/c1-17-10(16)7-4-13-9(5-12-7)11-3-2-8-14-6-18-15-8/h4-6H,2-3H2,1H3,(H,11,13). The number of methoxy groups -OCH3 is 1. The minimum Gasteiger partial charge on any atom is -0.464 e. The second-order valence-corrected chi connectivity index (χ2v) is 3.30. The number of aromatic nitrogens is 4. The Morgan fingerprint density at radius 2 is 2.28 bits per heavy atom. The van der Waals surface area contributed by atoms with E-state index in [0.29, 0.717) is 24.6 Å². The summed E-state index contributed by atoms with van der Waals surface area (Å²) in [6.45, 7) is 0.589. The molecular weight excluding hydrogens is 238 g/mol. The van der Waals surface area contributed by atoms with E-state index in [2.05, 4.69) is 34.7 Å². The quantitative estimate of drug-likeness (QED) is 0.754. The van der Waals surface area contributed by atoms with Crippen molar-refractivity contribution in [3.63, 3.8) is 0 Å². The lowest BCUT2D eigenvalue weighted by molar-refractivity contribution is 0.0593. The number of rotatable bonds is 5. The Bertz CT molecular complexity index is 497. The number of nitrogens with zero attached hydrogens (tertiary/aromatic N) is 4. The van der Waals surface area contributed by atoms with Crippen LogP contribution < -0.4 is 5.32 Å². The van der Waals surface area contributed by atoms with Crippen LogP contribution in [0.25, 0.3) is 0 Å². The molecule has 0 radical (unpaired) electrons. The first-order valence-electron chi connectivity index (χ1n) is 5.19. The van der Waals surface area contributed by atoms with Crippen molar-refractivity contribution in [2.24, 2.45) is 0 Å². The third-order valence-electron chi connectivity index (χ3n) is 2.11. The van der Waals surface area contributed by atoms with E-state index in [1.54, 1.807) is 0 Å². The third-order valence-corrected chi connectivity index (χ3v) is 2.11. The maximum Gasteiger partial charge on any atom is 0.358 e. The molecule has 2 heterocycles. The van der Waals surface area contributed by atoms with Crippen LogP contribution >= 0.6 is 0 Å². The van der Waals surface area contributed by atoms with Gasteiger partial charge in [-0.05, 0) is 0 Å². The maximum absolute atomic E-state index is 11.1. The molecule has 0 saturated carbocycles. The van der Waals surface area contributed by atoms with Crippen LogP contribution in [0.1, 0.15) is 16.3 Å². The Morgan fingerprint density at radius 1 is 1.39 bits per heavy atom. The lowest BCUT2D eigenvalue weighted by atomic mass is 10.4. The van der Waals surface area contributed by atoms with Gasteiger partial charge < -0.3 is 14.6 Å². The fraction of sp³-hybridized carbons (Fsp3) is 0.300. The lowest BCUT2D eigenvalue weighted by Gasteiger charge is -2.03. The van der Waals surface area contributed by atoms with Gasteiger partial charge in [-0.3, -0.25) is 0 Å². The molecule has 0 unspecified atom stereocenters. The predicted octanol–water partition coefficient (Wildman–Crippen LogP) is 0.301. The van der Waals surface area contributed by atoms with E-state index in [1.807, 2.05) is 0 Å². The van der Waals surface area contributed by atoms with E-state index in [-0.39, 0.29) is 5.69 Å². The molecule has 0 aliphatic heterocycles. The molecule has 2 aromatic heterocycles. The van der Waals surface area contributed by atoms with Gasteiger partial charge in [0.2, 0.25) is 6.39 Å². The molecule has 0 aliphatic rings. The Morgan fingerprint density at radius 3 is 2.89 bits per heavy atom. The van der Waals surface area contributed by atoms with E-state index in [4.69, 9.17) is 0 Å². The number of hydrogen-bond donors (Lipinski definition) is 1. The molecule has 0 aromatic carbocycles. The van der Waals surface area contributed by atoms with Gasteiger partial charge in [-0.25, -0.2) is 14.8 Å². The number of anilines is 1. The van der Waals surface area contributed by atoms with Crippen LogP contribution in [0, 0.1) is 0 Å². The third kappa shape index (κ3) is 3.00. The lowest BCUT2D eigenvalue weighted by Crippen LogP contribution is -2.09. The van der Waals surface area contributed by atoms with Crippen LogP contribution in [-0.2, 0) is 11.2 Å². The summed E-state index contributed by atoms with van der Waals surface area (Å²) in [5.41, 5.74) is 0.168. The minimum absolute atomic E-state index is 0.168. The summed E-state index contributed by atoms with van der Waals surface area (Å²) in [5.74, 6) is 0.661. The van der Waals surface area contributed by atoms with Gasteiger partial charge in [-0.15, -0.1) is 0 Å². The average Bonchev–Trinajstić information content (AvgIpc) is 2.92. The highest BCUT2D eigenvalue weighted by atomic mass is 16.5. The summed E-state index contributed by atoms with van der Waals surface area (Å²) in [5, 5.41) is 6.69. The van der Waals surface area contributed by atoms with Gasteiger partial charge in [0.1, 0.15) is 5.82 Å². The molecule has 18 heavy (non-hydrogen) atoms. The first-order valence-corrected chi connectivity index (χ1v) is 5.19. The fourth-order valence-corrected chi connectivity index (χ4v) is 1.23. The summed E-state index contributed by atoms with van der Waals surface area (Å²) < 4.78 is 9.12. The van der Waals surface area contributed by atoms with Crippen molar-refractivity contribution < 1.29 is 14.1 Å². The van der Waals surface area contributed by atoms with Crippen LogP contribution in [0.4, 0.5) is 5.82 Å². The summed E-state index contributed by atoms with van der Waals surface area (Å²) in [7, 11) is 1.29. The zero-order valence-corrected chi connectivity index (χ0v) is 9.66. The summed E-state index contributed by atoms with van der Waals surface area (Å²) in [6, 6.07) is 0. The fourth-order valence-electron chi connectivity index (χ4n) is 1.23. The summed E-state index contributed by atoms with van der Waals surface area (Å²) in [4.78, 5) is 22.9. The highest BCUT2D eigenvalue weighted by molar-refractivity contribution is 5.86. The van der Waals surface area contributed by atoms with E-state index < -0.39 is 5.97 Å². The molecule has 1 N–H and O–H groups in total. The normalized spacial score (nSPS) is 10.1. The maximum atomic E-state index is 11.1. The zero-order chi connectivity index (χ0) is 12.8. The molecule has 2 rings (SSSR count). The second-order valence-electron chi connectivity index (χ2n) is 3.30. The van der Waals surface area contributed by atoms with Crippen LogP contribution in [0.2, 0.25) is 0 Å². The van der Waals surface area contributed by atoms with Gasteiger partial charge in [0.25, 0.3) is 0 Å². The van der Waals surface area contributed by atoms with Gasteiger partial charge in [0.15, 0.2) is 11.5 Å². The number of ether oxygens (including phenoxy) is 1. The van der Waals surface area contributed by atoms with Gasteiger partial charge in [0, 0.05) is 13.0 Å². The molecular formula is C10H11N5O3. The van der Waals surface area contributed by atoms with Gasteiger partial charge >= 0.3 is 5.97 Å². The molecule has 8 heteroatoms. The number of carbonyl (C=O) groups excluding carboxylic acids is 1. The molecule has 8 nitrogen and oxygen atoms in total. The summed E-state index contributed by atoms with van der Waals surface area (Å²) >= 11 is 0. The van der Waals surface area contributed by atoms with Crippen molar-refractivity contribution in [2.45, 2.75) is 6.42 Å². The largest absolute Gasteiger partial charge is 0.464 e. The van der Waals surface area contributed by atoms with Crippen molar-refractivity contribution in [2.75, 3.05) is 19.0 Å². The van der Waals surface area contributed by atoms with Crippen LogP contribution in [0.3, 0.4) is 0 Å². The predicted molar refractivity (Wildman–Crippen MR) is 59.9 cm³/mol. The molecule has 0 amide bonds. The highest BCUT2D eigenvalue weighted by Gasteiger charge is 2.07. The van der Waals surface area contributed by atoms with Crippen molar-refractivity contribution in [1.29, 1.82) is 0 Å². The van der Waals surface area contributed by atoms with Crippen LogP contribution in [0.15, 0.2) is 23.3 Å². The van der Waals surface area contributed by atoms with E-state index in [0.717, 1.165) is 0 Å². The molecule has 0 fully saturated rings. The topological polar surface area (TPSA) is 103 Å². The molecule has 0 atom stereocenters. The molecule has 2 aromatic rings. The number of hydrogen-bond acceptors (Lipinski definition) is 8. The van der Waals surface area contributed by atoms with E-state index >= 15 is 0 Å². The number of esters is 1. The Labute approximate surface area is 102 Å². The zero-order valence-electron chi connectivity index (χ0n) is 9.66. The van der Waals surface area contributed by atoms with Gasteiger partial charge in [-0.1, -0.05) is 5.16 Å². The van der Waals surface area contributed by atoms with Crippen LogP contribution in [-0.4, -0.2) is 39.7 Å². The monoisotopic (exact) mass is 249 g/mol. The van der Waals surface area contributed by atoms with Gasteiger partial charge in [-0.2, -0.15) is 4.98 Å². The first kappa shape index (κ1) is 12.0. The number of nitrogens with one attached hydrogen (secondary N) is 1. The van der Waals surface area contributed by atoms with Crippen molar-refractivity contribution in [1.82, 2.24) is 20.1 Å². The van der Waals surface area contributed by atoms with Crippen molar-refractivity contribution >= 4 is 11.8 Å². The van der Waals surface area contributed by atoms with Crippen molar-refractivity contribution in [3.8, 4) is 0 Å². The Balaban J connectivity index is 1.85. The first-order chi connectivity index (χ1) is 8.79. The molecule has 0 bridgehead atoms. The summed E-state index contributed by atoms with van der Waals surface area (Å²) in [6.07, 6.45) is 4.70. The molecule has 0 saturated heterocycles. The minimum atomic E-state index is -0.513. The molecule has 94 valence electrons. The second kappa shape index (κ2) is 5.71. The average molecular weight is 249 g/mol. The van der Waals surface area contributed by atoms with E-state index in [1.165, 1.54) is 25.9 Å². The Kier molecular flexibility index (Phi) is 3.79. The number of carbonyl (C=O) groups is 1. The Hall–Kier alpha value is -2.51. The molecule has 0 spiro atoms. The smallest absolute Gasteiger partial charge is 0.358 e. The van der Waals surface area contributed by atoms with E-state index in [9.17, 15) is 4.79 Å². The highest BCUT2D eigenvalue weighted by Crippen LogP contribution is 2.02. The SMILES string of the molecule is COC(=O)c1cnc(NCCc2ncon2)cn1. The van der Waals surface area contributed by atoms with Crippen molar-refractivity contribution in [3.05, 3.63) is 30.3 Å². The molecule has 0 aliphatic carbocycles.